The molecule has 1 N–H and O–H groups in total. The number of likely N-dealkylation sites (tertiary alicyclic amines) is 1. The van der Waals surface area contributed by atoms with Crippen LogP contribution in [0.4, 0.5) is 0 Å². The third-order valence-corrected chi connectivity index (χ3v) is 5.07. The van der Waals surface area contributed by atoms with Gasteiger partial charge in [0.1, 0.15) is 0 Å². The molecule has 2 amide bonds. The quantitative estimate of drug-likeness (QED) is 0.700. The standard InChI is InChI=1S/C17H30N2O2/c1-3-5-8-13(4-2)12-18-15-11-16(20)19(17(15)21)14-9-6-7-10-14/h13-15,18H,3-12H2,1-2H3. The van der Waals surface area contributed by atoms with E-state index in [-0.39, 0.29) is 23.9 Å². The first-order valence-corrected chi connectivity index (χ1v) is 8.76. The van der Waals surface area contributed by atoms with Crippen molar-refractivity contribution in [3.8, 4) is 0 Å². The van der Waals surface area contributed by atoms with Crippen molar-refractivity contribution in [1.29, 1.82) is 0 Å². The van der Waals surface area contributed by atoms with Crippen molar-refractivity contribution in [3.05, 3.63) is 0 Å². The first kappa shape index (κ1) is 16.5. The van der Waals surface area contributed by atoms with E-state index in [1.165, 1.54) is 19.3 Å². The Bertz CT molecular complexity index is 364. The summed E-state index contributed by atoms with van der Waals surface area (Å²) in [6.07, 6.45) is 9.45. The first-order chi connectivity index (χ1) is 10.2. The molecule has 1 saturated heterocycles. The highest BCUT2D eigenvalue weighted by Gasteiger charge is 2.42. The van der Waals surface area contributed by atoms with E-state index in [4.69, 9.17) is 0 Å². The molecular formula is C17H30N2O2. The van der Waals surface area contributed by atoms with Crippen LogP contribution in [0.2, 0.25) is 0 Å². The summed E-state index contributed by atoms with van der Waals surface area (Å²) in [6, 6.07) is -0.0901. The molecule has 1 aliphatic heterocycles. The molecule has 2 fully saturated rings. The number of unbranched alkanes of at least 4 members (excludes halogenated alkanes) is 1. The number of carbonyl (C=O) groups excluding carboxylic acids is 2. The largest absolute Gasteiger partial charge is 0.305 e. The highest BCUT2D eigenvalue weighted by Crippen LogP contribution is 2.28. The molecule has 2 rings (SSSR count). The minimum atomic E-state index is -0.270. The second kappa shape index (κ2) is 7.92. The Morgan fingerprint density at radius 1 is 1.24 bits per heavy atom. The molecule has 0 spiro atoms. The molecule has 2 unspecified atom stereocenters. The second-order valence-electron chi connectivity index (χ2n) is 6.62. The van der Waals surface area contributed by atoms with E-state index in [1.807, 2.05) is 0 Å². The number of imide groups is 1. The first-order valence-electron chi connectivity index (χ1n) is 8.76. The Hall–Kier alpha value is -0.900. The minimum absolute atomic E-state index is 0.0252. The molecule has 1 saturated carbocycles. The van der Waals surface area contributed by atoms with E-state index in [0.29, 0.717) is 12.3 Å². The fraction of sp³-hybridized carbons (Fsp3) is 0.882. The highest BCUT2D eigenvalue weighted by molar-refractivity contribution is 6.05. The van der Waals surface area contributed by atoms with Gasteiger partial charge >= 0.3 is 0 Å². The Morgan fingerprint density at radius 3 is 2.57 bits per heavy atom. The molecule has 21 heavy (non-hydrogen) atoms. The smallest absolute Gasteiger partial charge is 0.247 e. The van der Waals surface area contributed by atoms with E-state index < -0.39 is 0 Å². The summed E-state index contributed by atoms with van der Waals surface area (Å²) in [5.74, 6) is 0.677. The van der Waals surface area contributed by atoms with Crippen LogP contribution < -0.4 is 5.32 Å². The van der Waals surface area contributed by atoms with Gasteiger partial charge in [0.15, 0.2) is 0 Å². The van der Waals surface area contributed by atoms with E-state index in [9.17, 15) is 9.59 Å². The third kappa shape index (κ3) is 4.06. The molecule has 0 aromatic heterocycles. The van der Waals surface area contributed by atoms with Gasteiger partial charge in [0.25, 0.3) is 0 Å². The molecule has 2 aliphatic rings. The lowest BCUT2D eigenvalue weighted by Gasteiger charge is -2.23. The normalized spacial score (nSPS) is 25.0. The number of nitrogens with zero attached hydrogens (tertiary/aromatic N) is 1. The molecular weight excluding hydrogens is 264 g/mol. The van der Waals surface area contributed by atoms with Gasteiger partial charge in [0, 0.05) is 6.04 Å². The lowest BCUT2D eigenvalue weighted by Crippen LogP contribution is -2.44. The summed E-state index contributed by atoms with van der Waals surface area (Å²) in [6.45, 7) is 5.27. The second-order valence-corrected chi connectivity index (χ2v) is 6.62. The van der Waals surface area contributed by atoms with Gasteiger partial charge in [-0.05, 0) is 31.7 Å². The number of hydrogen-bond donors (Lipinski definition) is 1. The summed E-state index contributed by atoms with van der Waals surface area (Å²) >= 11 is 0. The SMILES string of the molecule is CCCCC(CC)CNC1CC(=O)N(C2CCCC2)C1=O. The predicted octanol–water partition coefficient (Wildman–Crippen LogP) is 2.86. The summed E-state index contributed by atoms with van der Waals surface area (Å²) in [7, 11) is 0. The molecule has 0 radical (unpaired) electrons. The number of rotatable bonds is 8. The summed E-state index contributed by atoms with van der Waals surface area (Å²) in [5, 5.41) is 3.36. The van der Waals surface area contributed by atoms with Crippen molar-refractivity contribution >= 4 is 11.8 Å². The summed E-state index contributed by atoms with van der Waals surface area (Å²) in [5.41, 5.74) is 0. The van der Waals surface area contributed by atoms with Crippen LogP contribution in [0.5, 0.6) is 0 Å². The van der Waals surface area contributed by atoms with Crippen LogP contribution in [0, 0.1) is 5.92 Å². The number of carbonyl (C=O) groups is 2. The fourth-order valence-electron chi connectivity index (χ4n) is 3.61. The Labute approximate surface area is 128 Å². The average Bonchev–Trinajstić information content (AvgIpc) is 3.08. The molecule has 120 valence electrons. The van der Waals surface area contributed by atoms with Gasteiger partial charge in [0.05, 0.1) is 12.5 Å². The number of hydrogen-bond acceptors (Lipinski definition) is 3. The molecule has 0 aromatic carbocycles. The van der Waals surface area contributed by atoms with Gasteiger partial charge in [-0.3, -0.25) is 14.5 Å². The van der Waals surface area contributed by atoms with Crippen LogP contribution >= 0.6 is 0 Å². The van der Waals surface area contributed by atoms with Crippen LogP contribution in [0.1, 0.15) is 71.6 Å². The van der Waals surface area contributed by atoms with Crippen molar-refractivity contribution in [2.75, 3.05) is 6.54 Å². The van der Waals surface area contributed by atoms with Crippen LogP contribution in [0.3, 0.4) is 0 Å². The molecule has 4 nitrogen and oxygen atoms in total. The molecule has 1 aliphatic carbocycles. The van der Waals surface area contributed by atoms with Crippen molar-refractivity contribution in [2.45, 2.75) is 83.7 Å². The van der Waals surface area contributed by atoms with E-state index >= 15 is 0 Å². The van der Waals surface area contributed by atoms with Crippen LogP contribution in [0.25, 0.3) is 0 Å². The average molecular weight is 294 g/mol. The zero-order valence-corrected chi connectivity index (χ0v) is 13.6. The Morgan fingerprint density at radius 2 is 1.95 bits per heavy atom. The predicted molar refractivity (Wildman–Crippen MR) is 83.8 cm³/mol. The van der Waals surface area contributed by atoms with Crippen molar-refractivity contribution in [1.82, 2.24) is 10.2 Å². The minimum Gasteiger partial charge on any atom is -0.305 e. The van der Waals surface area contributed by atoms with E-state index in [1.54, 1.807) is 4.90 Å². The summed E-state index contributed by atoms with van der Waals surface area (Å²) < 4.78 is 0. The summed E-state index contributed by atoms with van der Waals surface area (Å²) in [4.78, 5) is 26.2. The Kier molecular flexibility index (Phi) is 6.22. The van der Waals surface area contributed by atoms with Crippen molar-refractivity contribution in [2.24, 2.45) is 5.92 Å². The number of amides is 2. The number of nitrogens with one attached hydrogen (secondary N) is 1. The van der Waals surface area contributed by atoms with Crippen molar-refractivity contribution in [3.63, 3.8) is 0 Å². The van der Waals surface area contributed by atoms with Gasteiger partial charge in [-0.1, -0.05) is 46.0 Å². The van der Waals surface area contributed by atoms with Gasteiger partial charge in [-0.25, -0.2) is 0 Å². The zero-order valence-electron chi connectivity index (χ0n) is 13.6. The Balaban J connectivity index is 1.84. The van der Waals surface area contributed by atoms with Gasteiger partial charge < -0.3 is 5.32 Å². The molecule has 2 atom stereocenters. The van der Waals surface area contributed by atoms with Crippen molar-refractivity contribution < 1.29 is 9.59 Å². The van der Waals surface area contributed by atoms with Gasteiger partial charge in [-0.15, -0.1) is 0 Å². The van der Waals surface area contributed by atoms with Crippen LogP contribution in [-0.4, -0.2) is 35.3 Å². The maximum absolute atomic E-state index is 12.5. The lowest BCUT2D eigenvalue weighted by molar-refractivity contribution is -0.141. The fourth-order valence-corrected chi connectivity index (χ4v) is 3.61. The zero-order chi connectivity index (χ0) is 15.2. The maximum Gasteiger partial charge on any atom is 0.247 e. The molecule has 0 bridgehead atoms. The molecule has 4 heteroatoms. The topological polar surface area (TPSA) is 49.4 Å². The van der Waals surface area contributed by atoms with E-state index in [0.717, 1.165) is 38.6 Å². The molecule has 0 aromatic rings. The highest BCUT2D eigenvalue weighted by atomic mass is 16.2. The molecule has 1 heterocycles. The third-order valence-electron chi connectivity index (χ3n) is 5.07. The maximum atomic E-state index is 12.5. The monoisotopic (exact) mass is 294 g/mol. The van der Waals surface area contributed by atoms with Crippen LogP contribution in [-0.2, 0) is 9.59 Å². The lowest BCUT2D eigenvalue weighted by atomic mass is 9.99. The van der Waals surface area contributed by atoms with Gasteiger partial charge in [-0.2, -0.15) is 0 Å². The van der Waals surface area contributed by atoms with Crippen LogP contribution in [0.15, 0.2) is 0 Å². The van der Waals surface area contributed by atoms with Gasteiger partial charge in [0.2, 0.25) is 11.8 Å². The van der Waals surface area contributed by atoms with E-state index in [2.05, 4.69) is 19.2 Å².